The Balaban J connectivity index is 1.39. The number of hydrogen-bond acceptors (Lipinski definition) is 5. The molecule has 144 valence electrons. The third-order valence-corrected chi connectivity index (χ3v) is 4.33. The molecule has 0 aliphatic heterocycles. The molecule has 0 fully saturated rings. The number of benzene rings is 2. The van der Waals surface area contributed by atoms with Crippen molar-refractivity contribution in [2.45, 2.75) is 6.92 Å². The van der Waals surface area contributed by atoms with Gasteiger partial charge in [-0.2, -0.15) is 4.98 Å². The predicted molar refractivity (Wildman–Crippen MR) is 117 cm³/mol. The molecule has 4 aromatic rings. The van der Waals surface area contributed by atoms with E-state index in [9.17, 15) is 4.79 Å². The van der Waals surface area contributed by atoms with Crippen LogP contribution in [0.3, 0.4) is 0 Å². The second kappa shape index (κ2) is 7.85. The van der Waals surface area contributed by atoms with E-state index in [-0.39, 0.29) is 11.9 Å². The normalized spacial score (nSPS) is 11.1. The fraction of sp³-hybridized carbons (Fsp3) is 0.0455. The van der Waals surface area contributed by atoms with Gasteiger partial charge < -0.3 is 21.4 Å². The van der Waals surface area contributed by atoms with E-state index in [1.165, 1.54) is 6.08 Å². The summed E-state index contributed by atoms with van der Waals surface area (Å²) < 4.78 is 0. The summed E-state index contributed by atoms with van der Waals surface area (Å²) >= 11 is 0. The molecule has 2 aromatic heterocycles. The van der Waals surface area contributed by atoms with E-state index >= 15 is 0 Å². The van der Waals surface area contributed by atoms with Crippen LogP contribution in [0.15, 0.2) is 66.9 Å². The third-order valence-electron chi connectivity index (χ3n) is 4.33. The van der Waals surface area contributed by atoms with Crippen molar-refractivity contribution in [2.24, 2.45) is 0 Å². The van der Waals surface area contributed by atoms with Gasteiger partial charge in [0.25, 0.3) is 0 Å². The summed E-state index contributed by atoms with van der Waals surface area (Å²) in [4.78, 5) is 23.6. The monoisotopic (exact) mass is 384 g/mol. The van der Waals surface area contributed by atoms with E-state index in [0.717, 1.165) is 27.8 Å². The van der Waals surface area contributed by atoms with Crippen LogP contribution in [0.25, 0.3) is 17.0 Å². The highest BCUT2D eigenvalue weighted by atomic mass is 16.1. The number of H-pyrrole nitrogens is 1. The first-order chi connectivity index (χ1) is 14.1. The lowest BCUT2D eigenvalue weighted by atomic mass is 10.1. The zero-order chi connectivity index (χ0) is 20.2. The van der Waals surface area contributed by atoms with Gasteiger partial charge in [-0.3, -0.25) is 4.79 Å². The van der Waals surface area contributed by atoms with Gasteiger partial charge in [0.05, 0.1) is 0 Å². The Hall–Kier alpha value is -4.13. The molecule has 2 aromatic carbocycles. The van der Waals surface area contributed by atoms with Gasteiger partial charge in [-0.1, -0.05) is 18.2 Å². The second-order valence-electron chi connectivity index (χ2n) is 6.57. The summed E-state index contributed by atoms with van der Waals surface area (Å²) in [5, 5.41) is 7.09. The van der Waals surface area contributed by atoms with Gasteiger partial charge in [0.2, 0.25) is 11.9 Å². The predicted octanol–water partition coefficient (Wildman–Crippen LogP) is 4.24. The first kappa shape index (κ1) is 18.2. The van der Waals surface area contributed by atoms with Gasteiger partial charge in [0, 0.05) is 46.3 Å². The number of aryl methyl sites for hydroxylation is 1. The minimum atomic E-state index is -0.199. The van der Waals surface area contributed by atoms with Crippen LogP contribution in [0, 0.1) is 6.92 Å². The van der Waals surface area contributed by atoms with E-state index in [1.54, 1.807) is 6.08 Å². The molecular formula is C22H20N6O. The standard InChI is InChI=1S/C22H20N6O/c1-14-12-20(28-22(23)25-14)26-16-7-9-17(10-8-16)27-21(29)11-6-15-13-24-19-5-3-2-4-18(15)19/h2-13,24H,1H3,(H,27,29)(H3,23,25,26,28)/b11-6+. The second-order valence-corrected chi connectivity index (χ2v) is 6.57. The summed E-state index contributed by atoms with van der Waals surface area (Å²) in [6.45, 7) is 1.85. The van der Waals surface area contributed by atoms with E-state index in [0.29, 0.717) is 11.5 Å². The Kier molecular flexibility index (Phi) is 4.94. The summed E-state index contributed by atoms with van der Waals surface area (Å²) in [5.41, 5.74) is 9.98. The maximum Gasteiger partial charge on any atom is 0.248 e. The van der Waals surface area contributed by atoms with Crippen molar-refractivity contribution in [2.75, 3.05) is 16.4 Å². The molecule has 2 heterocycles. The van der Waals surface area contributed by atoms with Gasteiger partial charge in [0.15, 0.2) is 0 Å². The molecule has 0 bridgehead atoms. The molecule has 1 amide bonds. The lowest BCUT2D eigenvalue weighted by Crippen LogP contribution is -2.07. The molecule has 0 saturated heterocycles. The Morgan fingerprint density at radius 3 is 2.62 bits per heavy atom. The average Bonchev–Trinajstić information content (AvgIpc) is 3.10. The van der Waals surface area contributed by atoms with Crippen LogP contribution in [0.2, 0.25) is 0 Å². The van der Waals surface area contributed by atoms with Crippen molar-refractivity contribution in [1.29, 1.82) is 0 Å². The van der Waals surface area contributed by atoms with Crippen molar-refractivity contribution in [3.05, 3.63) is 78.1 Å². The van der Waals surface area contributed by atoms with E-state index in [1.807, 2.05) is 67.7 Å². The highest BCUT2D eigenvalue weighted by Crippen LogP contribution is 2.20. The number of anilines is 4. The number of aromatic amines is 1. The summed E-state index contributed by atoms with van der Waals surface area (Å²) in [6, 6.07) is 17.1. The molecular weight excluding hydrogens is 364 g/mol. The quantitative estimate of drug-likeness (QED) is 0.385. The first-order valence-corrected chi connectivity index (χ1v) is 9.10. The highest BCUT2D eigenvalue weighted by molar-refractivity contribution is 6.03. The summed E-state index contributed by atoms with van der Waals surface area (Å²) in [6.07, 6.45) is 5.21. The first-order valence-electron chi connectivity index (χ1n) is 9.10. The van der Waals surface area contributed by atoms with Crippen molar-refractivity contribution >= 4 is 46.0 Å². The maximum atomic E-state index is 12.2. The van der Waals surface area contributed by atoms with E-state index in [4.69, 9.17) is 5.73 Å². The van der Waals surface area contributed by atoms with E-state index in [2.05, 4.69) is 25.6 Å². The van der Waals surface area contributed by atoms with Crippen LogP contribution in [0.5, 0.6) is 0 Å². The van der Waals surface area contributed by atoms with Crippen molar-refractivity contribution in [3.8, 4) is 0 Å². The molecule has 7 heteroatoms. The van der Waals surface area contributed by atoms with E-state index < -0.39 is 0 Å². The maximum absolute atomic E-state index is 12.2. The molecule has 5 N–H and O–H groups in total. The van der Waals surface area contributed by atoms with Crippen molar-refractivity contribution in [1.82, 2.24) is 15.0 Å². The fourth-order valence-corrected chi connectivity index (χ4v) is 3.02. The minimum absolute atomic E-state index is 0.199. The number of fused-ring (bicyclic) bond motifs is 1. The van der Waals surface area contributed by atoms with Crippen LogP contribution in [-0.2, 0) is 4.79 Å². The molecule has 0 saturated carbocycles. The number of carbonyl (C=O) groups is 1. The SMILES string of the molecule is Cc1cc(Nc2ccc(NC(=O)/C=C/c3c[nH]c4ccccc34)cc2)nc(N)n1. The smallest absolute Gasteiger partial charge is 0.248 e. The van der Waals surface area contributed by atoms with Crippen LogP contribution in [0.1, 0.15) is 11.3 Å². The molecule has 0 aliphatic rings. The molecule has 0 atom stereocenters. The van der Waals surface area contributed by atoms with Crippen LogP contribution < -0.4 is 16.4 Å². The van der Waals surface area contributed by atoms with Gasteiger partial charge in [-0.15, -0.1) is 0 Å². The lowest BCUT2D eigenvalue weighted by Gasteiger charge is -2.08. The molecule has 0 aliphatic carbocycles. The lowest BCUT2D eigenvalue weighted by molar-refractivity contribution is -0.111. The van der Waals surface area contributed by atoms with Gasteiger partial charge >= 0.3 is 0 Å². The molecule has 29 heavy (non-hydrogen) atoms. The summed E-state index contributed by atoms with van der Waals surface area (Å²) in [7, 11) is 0. The number of nitrogen functional groups attached to an aromatic ring is 1. The average molecular weight is 384 g/mol. The fourth-order valence-electron chi connectivity index (χ4n) is 3.02. The number of carbonyl (C=O) groups excluding carboxylic acids is 1. The van der Waals surface area contributed by atoms with Crippen LogP contribution >= 0.6 is 0 Å². The number of nitrogens with one attached hydrogen (secondary N) is 3. The minimum Gasteiger partial charge on any atom is -0.368 e. The zero-order valence-corrected chi connectivity index (χ0v) is 15.8. The van der Waals surface area contributed by atoms with Gasteiger partial charge in [0.1, 0.15) is 5.82 Å². The molecule has 4 rings (SSSR count). The number of nitrogens with two attached hydrogens (primary N) is 1. The third kappa shape index (κ3) is 4.41. The number of hydrogen-bond donors (Lipinski definition) is 4. The van der Waals surface area contributed by atoms with Crippen molar-refractivity contribution < 1.29 is 4.79 Å². The Morgan fingerprint density at radius 1 is 1.07 bits per heavy atom. The Morgan fingerprint density at radius 2 is 1.83 bits per heavy atom. The molecule has 7 nitrogen and oxygen atoms in total. The Bertz CT molecular complexity index is 1170. The zero-order valence-electron chi connectivity index (χ0n) is 15.8. The van der Waals surface area contributed by atoms with Gasteiger partial charge in [-0.25, -0.2) is 4.98 Å². The number of nitrogens with zero attached hydrogens (tertiary/aromatic N) is 2. The molecule has 0 spiro atoms. The van der Waals surface area contributed by atoms with Crippen molar-refractivity contribution in [3.63, 3.8) is 0 Å². The van der Waals surface area contributed by atoms with Crippen LogP contribution in [-0.4, -0.2) is 20.9 Å². The van der Waals surface area contributed by atoms with Gasteiger partial charge in [-0.05, 0) is 48.9 Å². The van der Waals surface area contributed by atoms with Crippen LogP contribution in [0.4, 0.5) is 23.1 Å². The summed E-state index contributed by atoms with van der Waals surface area (Å²) in [5.74, 6) is 0.641. The number of amides is 1. The highest BCUT2D eigenvalue weighted by Gasteiger charge is 2.03. The molecule has 0 unspecified atom stereocenters. The number of aromatic nitrogens is 3. The Labute approximate surface area is 167 Å². The number of para-hydroxylation sites is 1. The topological polar surface area (TPSA) is 109 Å². The molecule has 0 radical (unpaired) electrons. The number of rotatable bonds is 5. The largest absolute Gasteiger partial charge is 0.368 e.